The number of carbonyl (C=O) groups is 1. The third-order valence-corrected chi connectivity index (χ3v) is 4.09. The van der Waals surface area contributed by atoms with E-state index in [4.69, 9.17) is 58.0 Å². The van der Waals surface area contributed by atoms with Gasteiger partial charge in [0.25, 0.3) is 0 Å². The molecule has 6 heteroatoms. The lowest BCUT2D eigenvalue weighted by Gasteiger charge is -2.10. The van der Waals surface area contributed by atoms with Crippen molar-refractivity contribution >= 4 is 63.8 Å². The largest absolute Gasteiger partial charge is 0.294 e. The summed E-state index contributed by atoms with van der Waals surface area (Å²) < 4.78 is 0. The fraction of sp³-hybridized carbons (Fsp3) is 0.222. The molecular weight excluding hydrogens is 301 g/mol. The van der Waals surface area contributed by atoms with Crippen molar-refractivity contribution in [3.05, 3.63) is 30.7 Å². The quantitative estimate of drug-likeness (QED) is 0.398. The summed E-state index contributed by atoms with van der Waals surface area (Å²) in [5.41, 5.74) is 0.125. The first-order chi connectivity index (χ1) is 6.91. The molecule has 0 N–H and O–H groups in total. The van der Waals surface area contributed by atoms with E-state index in [2.05, 4.69) is 0 Å². The number of hydrogen-bond acceptors (Lipinski definition) is 1. The Morgan fingerprint density at radius 3 is 1.53 bits per heavy atom. The third kappa shape index (κ3) is 2.37. The Morgan fingerprint density at radius 2 is 1.20 bits per heavy atom. The van der Waals surface area contributed by atoms with Gasteiger partial charge in [-0.15, -0.1) is 0 Å². The lowest BCUT2D eigenvalue weighted by Crippen LogP contribution is -2.00. The Bertz CT molecular complexity index is 398. The summed E-state index contributed by atoms with van der Waals surface area (Å²) in [7, 11) is 0. The zero-order valence-corrected chi connectivity index (χ0v) is 11.3. The van der Waals surface area contributed by atoms with E-state index < -0.39 is 0 Å². The van der Waals surface area contributed by atoms with Crippen LogP contribution in [0, 0.1) is 0 Å². The predicted octanol–water partition coefficient (Wildman–Crippen LogP) is 5.55. The maximum atomic E-state index is 11.5. The van der Waals surface area contributed by atoms with E-state index >= 15 is 0 Å². The highest BCUT2D eigenvalue weighted by Crippen LogP contribution is 2.44. The molecule has 1 rings (SSSR count). The Hall–Kier alpha value is 0.340. The predicted molar refractivity (Wildman–Crippen MR) is 66.1 cm³/mol. The molecule has 0 saturated heterocycles. The minimum absolute atomic E-state index is 0.0444. The maximum absolute atomic E-state index is 11.5. The number of benzene rings is 1. The second kappa shape index (κ2) is 5.11. The van der Waals surface area contributed by atoms with Gasteiger partial charge >= 0.3 is 0 Å². The van der Waals surface area contributed by atoms with Gasteiger partial charge in [-0.1, -0.05) is 64.9 Å². The number of carbonyl (C=O) groups excluding carboxylic acids is 1. The monoisotopic (exact) mass is 304 g/mol. The van der Waals surface area contributed by atoms with E-state index in [0.717, 1.165) is 0 Å². The van der Waals surface area contributed by atoms with Gasteiger partial charge in [0.15, 0.2) is 5.78 Å². The molecule has 0 aliphatic rings. The molecule has 0 aromatic heterocycles. The minimum atomic E-state index is -0.231. The summed E-state index contributed by atoms with van der Waals surface area (Å²) in [6.45, 7) is 1.69. The van der Waals surface area contributed by atoms with Crippen LogP contribution in [0.2, 0.25) is 25.1 Å². The highest BCUT2D eigenvalue weighted by atomic mass is 35.5. The van der Waals surface area contributed by atoms with Gasteiger partial charge in [0.05, 0.1) is 30.7 Å². The van der Waals surface area contributed by atoms with Crippen molar-refractivity contribution in [1.29, 1.82) is 0 Å². The van der Waals surface area contributed by atoms with E-state index in [-0.39, 0.29) is 42.9 Å². The number of halogens is 5. The van der Waals surface area contributed by atoms with E-state index in [9.17, 15) is 4.79 Å². The molecule has 1 aromatic rings. The molecule has 0 heterocycles. The molecule has 0 unspecified atom stereocenters. The van der Waals surface area contributed by atoms with Crippen molar-refractivity contribution in [2.45, 2.75) is 13.3 Å². The number of ketones is 1. The highest BCUT2D eigenvalue weighted by molar-refractivity contribution is 6.56. The van der Waals surface area contributed by atoms with Crippen LogP contribution in [0.5, 0.6) is 0 Å². The number of hydrogen-bond donors (Lipinski definition) is 0. The molecule has 0 spiro atoms. The molecule has 82 valence electrons. The lowest BCUT2D eigenvalue weighted by atomic mass is 10.1. The normalized spacial score (nSPS) is 10.5. The fourth-order valence-corrected chi connectivity index (χ4v) is 2.38. The molecule has 0 aliphatic heterocycles. The van der Waals surface area contributed by atoms with Crippen LogP contribution in [0.15, 0.2) is 0 Å². The van der Waals surface area contributed by atoms with Crippen LogP contribution < -0.4 is 0 Å². The van der Waals surface area contributed by atoms with E-state index in [1.807, 2.05) is 0 Å². The zero-order valence-electron chi connectivity index (χ0n) is 7.51. The molecule has 15 heavy (non-hydrogen) atoms. The van der Waals surface area contributed by atoms with Crippen molar-refractivity contribution in [2.75, 3.05) is 0 Å². The van der Waals surface area contributed by atoms with Gasteiger partial charge in [-0.05, 0) is 0 Å². The van der Waals surface area contributed by atoms with Gasteiger partial charge in [0, 0.05) is 6.42 Å². The van der Waals surface area contributed by atoms with Gasteiger partial charge in [-0.3, -0.25) is 4.79 Å². The van der Waals surface area contributed by atoms with Crippen LogP contribution in [0.3, 0.4) is 0 Å². The average Bonchev–Trinajstić information content (AvgIpc) is 2.23. The van der Waals surface area contributed by atoms with Gasteiger partial charge in [-0.2, -0.15) is 0 Å². The molecule has 1 nitrogen and oxygen atoms in total. The molecule has 0 bridgehead atoms. The second-order valence-electron chi connectivity index (χ2n) is 2.72. The average molecular weight is 306 g/mol. The van der Waals surface area contributed by atoms with Crippen LogP contribution in [0.25, 0.3) is 0 Å². The van der Waals surface area contributed by atoms with Crippen LogP contribution in [0.1, 0.15) is 23.7 Å². The summed E-state index contributed by atoms with van der Waals surface area (Å²) >= 11 is 29.1. The van der Waals surface area contributed by atoms with Crippen molar-refractivity contribution in [1.82, 2.24) is 0 Å². The van der Waals surface area contributed by atoms with Gasteiger partial charge in [0.2, 0.25) is 0 Å². The summed E-state index contributed by atoms with van der Waals surface area (Å²) in [6.07, 6.45) is 0.258. The van der Waals surface area contributed by atoms with Crippen molar-refractivity contribution in [3.8, 4) is 0 Å². The van der Waals surface area contributed by atoms with Crippen LogP contribution in [-0.2, 0) is 0 Å². The second-order valence-corrected chi connectivity index (χ2v) is 4.61. The van der Waals surface area contributed by atoms with E-state index in [1.54, 1.807) is 6.92 Å². The molecule has 0 radical (unpaired) electrons. The van der Waals surface area contributed by atoms with Gasteiger partial charge in [-0.25, -0.2) is 0 Å². The number of rotatable bonds is 2. The standard InChI is InChI=1S/C9H5Cl5O/c1-2-3(15)4-5(10)7(12)9(14)8(13)6(4)11/h2H2,1H3. The number of Topliss-reactive ketones (excluding diaryl/α,β-unsaturated/α-hetero) is 1. The molecule has 0 fully saturated rings. The van der Waals surface area contributed by atoms with Crippen LogP contribution >= 0.6 is 58.0 Å². The fourth-order valence-electron chi connectivity index (χ4n) is 1.03. The van der Waals surface area contributed by atoms with E-state index in [1.165, 1.54) is 0 Å². The summed E-state index contributed by atoms with van der Waals surface area (Å²) in [4.78, 5) is 11.5. The zero-order chi connectivity index (χ0) is 11.7. The first-order valence-corrected chi connectivity index (χ1v) is 5.85. The maximum Gasteiger partial charge on any atom is 0.165 e. The third-order valence-electron chi connectivity index (χ3n) is 1.81. The van der Waals surface area contributed by atoms with Gasteiger partial charge in [0.1, 0.15) is 0 Å². The van der Waals surface area contributed by atoms with E-state index in [0.29, 0.717) is 0 Å². The Labute approximate surface area is 112 Å². The van der Waals surface area contributed by atoms with Crippen LogP contribution in [0.4, 0.5) is 0 Å². The Kier molecular flexibility index (Phi) is 4.57. The van der Waals surface area contributed by atoms with Crippen molar-refractivity contribution in [3.63, 3.8) is 0 Å². The topological polar surface area (TPSA) is 17.1 Å². The Morgan fingerprint density at radius 1 is 0.867 bits per heavy atom. The molecule has 1 aromatic carbocycles. The lowest BCUT2D eigenvalue weighted by molar-refractivity contribution is 0.0988. The molecule has 0 aliphatic carbocycles. The Balaban J connectivity index is 3.60. The molecule has 0 amide bonds. The van der Waals surface area contributed by atoms with Gasteiger partial charge < -0.3 is 0 Å². The highest BCUT2D eigenvalue weighted by Gasteiger charge is 2.22. The van der Waals surface area contributed by atoms with Crippen molar-refractivity contribution in [2.24, 2.45) is 0 Å². The summed E-state index contributed by atoms with van der Waals surface area (Å²) in [5.74, 6) is -0.231. The molecular formula is C9H5Cl5O. The van der Waals surface area contributed by atoms with Crippen LogP contribution in [-0.4, -0.2) is 5.78 Å². The first-order valence-electron chi connectivity index (χ1n) is 3.96. The minimum Gasteiger partial charge on any atom is -0.294 e. The van der Waals surface area contributed by atoms with Crippen molar-refractivity contribution < 1.29 is 4.79 Å². The smallest absolute Gasteiger partial charge is 0.165 e. The SMILES string of the molecule is CCC(=O)c1c(Cl)c(Cl)c(Cl)c(Cl)c1Cl. The molecule has 0 saturated carbocycles. The summed E-state index contributed by atoms with van der Waals surface area (Å²) in [6, 6.07) is 0. The summed E-state index contributed by atoms with van der Waals surface area (Å²) in [5, 5.41) is 0.237. The molecule has 0 atom stereocenters. The first kappa shape index (κ1) is 13.4.